The lowest BCUT2D eigenvalue weighted by Crippen LogP contribution is -2.47. The van der Waals surface area contributed by atoms with E-state index in [2.05, 4.69) is 65.8 Å². The lowest BCUT2D eigenvalue weighted by Gasteiger charge is -2.36. The van der Waals surface area contributed by atoms with Crippen molar-refractivity contribution in [2.75, 3.05) is 44.2 Å². The fourth-order valence-electron chi connectivity index (χ4n) is 4.47. The molecule has 0 aliphatic carbocycles. The molecule has 6 heteroatoms. The first-order valence-electron chi connectivity index (χ1n) is 11.7. The van der Waals surface area contributed by atoms with Crippen LogP contribution < -0.4 is 4.90 Å². The summed E-state index contributed by atoms with van der Waals surface area (Å²) in [5.41, 5.74) is 4.33. The van der Waals surface area contributed by atoms with Crippen LogP contribution in [-0.4, -0.2) is 58.8 Å². The van der Waals surface area contributed by atoms with Gasteiger partial charge in [0.25, 0.3) is 0 Å². The Hall–Kier alpha value is -2.70. The number of aryl methyl sites for hydroxylation is 1. The second-order valence-electron chi connectivity index (χ2n) is 8.49. The third-order valence-electron chi connectivity index (χ3n) is 6.41. The minimum Gasteiger partial charge on any atom is -0.354 e. The van der Waals surface area contributed by atoms with Gasteiger partial charge in [0.15, 0.2) is 0 Å². The van der Waals surface area contributed by atoms with E-state index in [0.29, 0.717) is 0 Å². The zero-order valence-corrected chi connectivity index (χ0v) is 19.5. The van der Waals surface area contributed by atoms with Gasteiger partial charge in [-0.3, -0.25) is 4.90 Å². The van der Waals surface area contributed by atoms with Crippen molar-refractivity contribution in [1.29, 1.82) is 0 Å². The molecule has 1 aliphatic rings. The Labute approximate surface area is 191 Å². The Bertz CT molecular complexity index is 1010. The van der Waals surface area contributed by atoms with E-state index in [-0.39, 0.29) is 5.82 Å². The monoisotopic (exact) mass is 435 g/mol. The van der Waals surface area contributed by atoms with Gasteiger partial charge in [0.05, 0.1) is 11.4 Å². The smallest absolute Gasteiger partial charge is 0.137 e. The van der Waals surface area contributed by atoms with E-state index in [1.807, 2.05) is 10.7 Å². The second kappa shape index (κ2) is 10.3. The standard InChI is InChI=1S/C26H34FN5/c1-4-29-14-16-31(17-15-29)26-25(20-30(5-2)19-22-10-7-6-8-11-22)21(3)28-32(26)24-13-9-12-23(27)18-24/h6-13,18H,4-5,14-17,19-20H2,1-3H3. The highest BCUT2D eigenvalue weighted by atomic mass is 19.1. The molecular formula is C26H34FN5. The Morgan fingerprint density at radius 2 is 1.69 bits per heavy atom. The maximum absolute atomic E-state index is 14.1. The lowest BCUT2D eigenvalue weighted by molar-refractivity contribution is 0.264. The molecule has 0 spiro atoms. The summed E-state index contributed by atoms with van der Waals surface area (Å²) in [6.07, 6.45) is 0. The number of likely N-dealkylation sites (N-methyl/N-ethyl adjacent to an activating group) is 1. The van der Waals surface area contributed by atoms with Gasteiger partial charge in [-0.25, -0.2) is 9.07 Å². The van der Waals surface area contributed by atoms with Crippen LogP contribution in [-0.2, 0) is 13.1 Å². The molecule has 0 radical (unpaired) electrons. The van der Waals surface area contributed by atoms with Crippen molar-refractivity contribution in [2.24, 2.45) is 0 Å². The molecule has 32 heavy (non-hydrogen) atoms. The predicted molar refractivity (Wildman–Crippen MR) is 129 cm³/mol. The van der Waals surface area contributed by atoms with E-state index < -0.39 is 0 Å². The highest BCUT2D eigenvalue weighted by Gasteiger charge is 2.26. The van der Waals surface area contributed by atoms with Crippen LogP contribution in [0.3, 0.4) is 0 Å². The van der Waals surface area contributed by atoms with Gasteiger partial charge in [0.1, 0.15) is 11.6 Å². The third kappa shape index (κ3) is 5.03. The molecule has 0 atom stereocenters. The molecule has 2 heterocycles. The fraction of sp³-hybridized carbons (Fsp3) is 0.423. The van der Waals surface area contributed by atoms with Crippen LogP contribution in [0, 0.1) is 12.7 Å². The Kier molecular flexibility index (Phi) is 7.22. The number of piperazine rings is 1. The molecule has 1 aromatic heterocycles. The van der Waals surface area contributed by atoms with Crippen LogP contribution in [0.2, 0.25) is 0 Å². The van der Waals surface area contributed by atoms with Crippen LogP contribution in [0.15, 0.2) is 54.6 Å². The number of anilines is 1. The van der Waals surface area contributed by atoms with Crippen molar-refractivity contribution in [2.45, 2.75) is 33.9 Å². The molecule has 1 saturated heterocycles. The Balaban J connectivity index is 1.69. The van der Waals surface area contributed by atoms with Gasteiger partial charge in [0.2, 0.25) is 0 Å². The van der Waals surface area contributed by atoms with Crippen LogP contribution >= 0.6 is 0 Å². The molecule has 170 valence electrons. The molecule has 0 N–H and O–H groups in total. The maximum atomic E-state index is 14.1. The number of hydrogen-bond donors (Lipinski definition) is 0. The number of rotatable bonds is 8. The maximum Gasteiger partial charge on any atom is 0.137 e. The van der Waals surface area contributed by atoms with Gasteiger partial charge in [0, 0.05) is 44.8 Å². The summed E-state index contributed by atoms with van der Waals surface area (Å²) >= 11 is 0. The molecule has 0 unspecified atom stereocenters. The van der Waals surface area contributed by atoms with Crippen LogP contribution in [0.25, 0.3) is 5.69 Å². The van der Waals surface area contributed by atoms with E-state index >= 15 is 0 Å². The van der Waals surface area contributed by atoms with E-state index in [1.165, 1.54) is 17.2 Å². The highest BCUT2D eigenvalue weighted by molar-refractivity contribution is 5.56. The molecule has 2 aromatic carbocycles. The highest BCUT2D eigenvalue weighted by Crippen LogP contribution is 2.30. The van der Waals surface area contributed by atoms with Gasteiger partial charge in [-0.05, 0) is 43.8 Å². The van der Waals surface area contributed by atoms with Gasteiger partial charge in [-0.1, -0.05) is 50.2 Å². The van der Waals surface area contributed by atoms with E-state index in [9.17, 15) is 4.39 Å². The van der Waals surface area contributed by atoms with Gasteiger partial charge >= 0.3 is 0 Å². The SMILES string of the molecule is CCN1CCN(c2c(CN(CC)Cc3ccccc3)c(C)nn2-c2cccc(F)c2)CC1. The summed E-state index contributed by atoms with van der Waals surface area (Å²) in [5.74, 6) is 0.869. The topological polar surface area (TPSA) is 27.5 Å². The third-order valence-corrected chi connectivity index (χ3v) is 6.41. The van der Waals surface area contributed by atoms with Crippen LogP contribution in [0.4, 0.5) is 10.2 Å². The zero-order chi connectivity index (χ0) is 22.5. The summed E-state index contributed by atoms with van der Waals surface area (Å²) < 4.78 is 16.0. The van der Waals surface area contributed by atoms with Crippen LogP contribution in [0.1, 0.15) is 30.7 Å². The average molecular weight is 436 g/mol. The number of aromatic nitrogens is 2. The minimum absolute atomic E-state index is 0.238. The summed E-state index contributed by atoms with van der Waals surface area (Å²) in [6.45, 7) is 14.2. The Morgan fingerprint density at radius 1 is 0.938 bits per heavy atom. The van der Waals surface area contributed by atoms with Crippen LogP contribution in [0.5, 0.6) is 0 Å². The number of nitrogens with zero attached hydrogens (tertiary/aromatic N) is 5. The zero-order valence-electron chi connectivity index (χ0n) is 19.5. The van der Waals surface area contributed by atoms with E-state index in [4.69, 9.17) is 5.10 Å². The van der Waals surface area contributed by atoms with E-state index in [0.717, 1.165) is 69.6 Å². The summed E-state index contributed by atoms with van der Waals surface area (Å²) in [7, 11) is 0. The molecule has 0 amide bonds. The predicted octanol–water partition coefficient (Wildman–Crippen LogP) is 4.48. The van der Waals surface area contributed by atoms with Gasteiger partial charge < -0.3 is 9.80 Å². The summed E-state index contributed by atoms with van der Waals surface area (Å²) in [5, 5.41) is 4.90. The molecule has 1 aliphatic heterocycles. The summed E-state index contributed by atoms with van der Waals surface area (Å²) in [6, 6.07) is 17.3. The van der Waals surface area contributed by atoms with Crippen molar-refractivity contribution in [3.63, 3.8) is 0 Å². The average Bonchev–Trinajstić information content (AvgIpc) is 3.15. The van der Waals surface area contributed by atoms with E-state index in [1.54, 1.807) is 12.1 Å². The molecule has 1 fully saturated rings. The first-order valence-corrected chi connectivity index (χ1v) is 11.7. The molecule has 3 aromatic rings. The molecule has 4 rings (SSSR count). The second-order valence-corrected chi connectivity index (χ2v) is 8.49. The molecule has 0 saturated carbocycles. The quantitative estimate of drug-likeness (QED) is 0.521. The van der Waals surface area contributed by atoms with Crippen molar-refractivity contribution in [3.8, 4) is 5.69 Å². The lowest BCUT2D eigenvalue weighted by atomic mass is 10.1. The Morgan fingerprint density at radius 3 is 2.34 bits per heavy atom. The minimum atomic E-state index is -0.238. The first kappa shape index (κ1) is 22.5. The largest absolute Gasteiger partial charge is 0.354 e. The fourth-order valence-corrected chi connectivity index (χ4v) is 4.47. The van der Waals surface area contributed by atoms with Crippen molar-refractivity contribution in [3.05, 3.63) is 77.2 Å². The molecule has 0 bridgehead atoms. The van der Waals surface area contributed by atoms with Crippen molar-refractivity contribution >= 4 is 5.82 Å². The normalized spacial score (nSPS) is 15.0. The summed E-state index contributed by atoms with van der Waals surface area (Å²) in [4.78, 5) is 7.35. The number of benzene rings is 2. The molecular weight excluding hydrogens is 401 g/mol. The molecule has 5 nitrogen and oxygen atoms in total. The van der Waals surface area contributed by atoms with Gasteiger partial charge in [-0.15, -0.1) is 0 Å². The first-order chi connectivity index (χ1) is 15.6. The van der Waals surface area contributed by atoms with Crippen molar-refractivity contribution < 1.29 is 4.39 Å². The number of halogens is 1. The van der Waals surface area contributed by atoms with Crippen molar-refractivity contribution in [1.82, 2.24) is 19.6 Å². The number of hydrogen-bond acceptors (Lipinski definition) is 4. The van der Waals surface area contributed by atoms with Gasteiger partial charge in [-0.2, -0.15) is 5.10 Å².